The van der Waals surface area contributed by atoms with E-state index in [0.29, 0.717) is 22.8 Å². The van der Waals surface area contributed by atoms with Crippen molar-refractivity contribution >= 4 is 23.2 Å². The summed E-state index contributed by atoms with van der Waals surface area (Å²) in [7, 11) is 0. The van der Waals surface area contributed by atoms with Crippen molar-refractivity contribution in [3.8, 4) is 0 Å². The van der Waals surface area contributed by atoms with E-state index in [0.717, 1.165) is 39.3 Å². The Morgan fingerprint density at radius 2 is 2.15 bits per heavy atom. The van der Waals surface area contributed by atoms with Crippen LogP contribution in [0, 0.1) is 0 Å². The first kappa shape index (κ1) is 15.1. The smallest absolute Gasteiger partial charge is 0.254 e. The molecule has 0 bridgehead atoms. The van der Waals surface area contributed by atoms with E-state index in [1.165, 1.54) is 0 Å². The van der Waals surface area contributed by atoms with Gasteiger partial charge >= 0.3 is 0 Å². The maximum absolute atomic E-state index is 12.0. The number of hydrogen-bond donors (Lipinski definition) is 2. The van der Waals surface area contributed by atoms with Crippen LogP contribution >= 0.6 is 11.6 Å². The van der Waals surface area contributed by atoms with Crippen LogP contribution < -0.4 is 11.1 Å². The van der Waals surface area contributed by atoms with Gasteiger partial charge in [0.1, 0.15) is 0 Å². The molecular formula is C14H20ClN3O2. The second-order valence-electron chi connectivity index (χ2n) is 4.77. The molecule has 5 nitrogen and oxygen atoms in total. The van der Waals surface area contributed by atoms with Gasteiger partial charge < -0.3 is 15.8 Å². The quantitative estimate of drug-likeness (QED) is 0.636. The normalized spacial score (nSPS) is 16.1. The standard InChI is InChI=1S/C14H20ClN3O2/c15-11-3-1-4-12(16)13(11)14(19)17-5-2-6-18-7-9-20-10-8-18/h1,3-4H,2,5-10,16H2,(H,17,19). The zero-order valence-electron chi connectivity index (χ0n) is 11.4. The van der Waals surface area contributed by atoms with Gasteiger partial charge in [0.2, 0.25) is 0 Å². The Morgan fingerprint density at radius 3 is 2.85 bits per heavy atom. The third-order valence-electron chi connectivity index (χ3n) is 3.31. The van der Waals surface area contributed by atoms with Gasteiger partial charge in [-0.2, -0.15) is 0 Å². The van der Waals surface area contributed by atoms with Crippen LogP contribution in [0.2, 0.25) is 5.02 Å². The van der Waals surface area contributed by atoms with E-state index in [4.69, 9.17) is 22.1 Å². The molecule has 1 fully saturated rings. The largest absolute Gasteiger partial charge is 0.398 e. The molecule has 1 aromatic carbocycles. The van der Waals surface area contributed by atoms with Crippen molar-refractivity contribution in [3.05, 3.63) is 28.8 Å². The summed E-state index contributed by atoms with van der Waals surface area (Å²) < 4.78 is 5.29. The lowest BCUT2D eigenvalue weighted by atomic mass is 10.1. The summed E-state index contributed by atoms with van der Waals surface area (Å²) in [5, 5.41) is 3.24. The fraction of sp³-hybridized carbons (Fsp3) is 0.500. The van der Waals surface area contributed by atoms with E-state index in [1.807, 2.05) is 0 Å². The number of nitrogens with zero attached hydrogens (tertiary/aromatic N) is 1. The molecule has 0 atom stereocenters. The van der Waals surface area contributed by atoms with Gasteiger partial charge in [-0.15, -0.1) is 0 Å². The Kier molecular flexibility index (Phi) is 5.64. The molecule has 6 heteroatoms. The summed E-state index contributed by atoms with van der Waals surface area (Å²) >= 11 is 6.00. The second-order valence-corrected chi connectivity index (χ2v) is 5.17. The minimum absolute atomic E-state index is 0.213. The molecular weight excluding hydrogens is 278 g/mol. The number of benzene rings is 1. The third-order valence-corrected chi connectivity index (χ3v) is 3.63. The summed E-state index contributed by atoms with van der Waals surface area (Å²) in [5.41, 5.74) is 6.54. The lowest BCUT2D eigenvalue weighted by Crippen LogP contribution is -2.38. The molecule has 2 rings (SSSR count). The molecule has 0 radical (unpaired) electrons. The topological polar surface area (TPSA) is 67.6 Å². The first-order valence-corrected chi connectivity index (χ1v) is 7.18. The molecule has 0 spiro atoms. The van der Waals surface area contributed by atoms with Gasteiger partial charge in [0, 0.05) is 25.3 Å². The van der Waals surface area contributed by atoms with Crippen LogP contribution in [-0.4, -0.2) is 50.2 Å². The highest BCUT2D eigenvalue weighted by molar-refractivity contribution is 6.34. The van der Waals surface area contributed by atoms with Crippen LogP contribution in [0.25, 0.3) is 0 Å². The number of carbonyl (C=O) groups excluding carboxylic acids is 1. The molecule has 3 N–H and O–H groups in total. The highest BCUT2D eigenvalue weighted by atomic mass is 35.5. The van der Waals surface area contributed by atoms with Crippen molar-refractivity contribution in [2.24, 2.45) is 0 Å². The molecule has 1 aliphatic rings. The van der Waals surface area contributed by atoms with Crippen molar-refractivity contribution in [1.82, 2.24) is 10.2 Å². The van der Waals surface area contributed by atoms with Crippen LogP contribution in [0.4, 0.5) is 5.69 Å². The van der Waals surface area contributed by atoms with Gasteiger partial charge in [-0.05, 0) is 25.1 Å². The molecule has 0 saturated carbocycles. The molecule has 1 aromatic rings. The van der Waals surface area contributed by atoms with E-state index in [9.17, 15) is 4.79 Å². The molecule has 0 aromatic heterocycles. The Labute approximate surface area is 124 Å². The van der Waals surface area contributed by atoms with Crippen molar-refractivity contribution < 1.29 is 9.53 Å². The first-order chi connectivity index (χ1) is 9.68. The average Bonchev–Trinajstić information content (AvgIpc) is 2.44. The maximum Gasteiger partial charge on any atom is 0.254 e. The molecule has 20 heavy (non-hydrogen) atoms. The van der Waals surface area contributed by atoms with Crippen molar-refractivity contribution in [3.63, 3.8) is 0 Å². The number of halogens is 1. The number of ether oxygens (including phenoxy) is 1. The van der Waals surface area contributed by atoms with Crippen LogP contribution in [0.5, 0.6) is 0 Å². The Balaban J connectivity index is 1.75. The second kappa shape index (κ2) is 7.47. The van der Waals surface area contributed by atoms with E-state index < -0.39 is 0 Å². The van der Waals surface area contributed by atoms with Crippen molar-refractivity contribution in [2.45, 2.75) is 6.42 Å². The molecule has 1 amide bonds. The fourth-order valence-corrected chi connectivity index (χ4v) is 2.47. The molecule has 110 valence electrons. The number of hydrogen-bond acceptors (Lipinski definition) is 4. The molecule has 1 saturated heterocycles. The van der Waals surface area contributed by atoms with Gasteiger partial charge in [0.05, 0.1) is 23.8 Å². The van der Waals surface area contributed by atoms with E-state index >= 15 is 0 Å². The molecule has 0 unspecified atom stereocenters. The Hall–Kier alpha value is -1.30. The van der Waals surface area contributed by atoms with Gasteiger partial charge in [0.15, 0.2) is 0 Å². The Bertz CT molecular complexity index is 441. The van der Waals surface area contributed by atoms with E-state index in [2.05, 4.69) is 10.2 Å². The summed E-state index contributed by atoms with van der Waals surface area (Å²) in [4.78, 5) is 14.4. The molecule has 1 aliphatic heterocycles. The zero-order valence-corrected chi connectivity index (χ0v) is 12.2. The molecule has 1 heterocycles. The first-order valence-electron chi connectivity index (χ1n) is 6.81. The number of amides is 1. The number of morpholine rings is 1. The van der Waals surface area contributed by atoms with Gasteiger partial charge in [-0.3, -0.25) is 9.69 Å². The minimum Gasteiger partial charge on any atom is -0.398 e. The van der Waals surface area contributed by atoms with Crippen LogP contribution in [0.3, 0.4) is 0 Å². The van der Waals surface area contributed by atoms with Crippen molar-refractivity contribution in [1.29, 1.82) is 0 Å². The monoisotopic (exact) mass is 297 g/mol. The maximum atomic E-state index is 12.0. The zero-order chi connectivity index (χ0) is 14.4. The lowest BCUT2D eigenvalue weighted by Gasteiger charge is -2.26. The number of nitrogen functional groups attached to an aromatic ring is 1. The van der Waals surface area contributed by atoms with Gasteiger partial charge in [-0.1, -0.05) is 17.7 Å². The number of rotatable bonds is 5. The predicted octanol–water partition coefficient (Wildman–Crippen LogP) is 1.37. The van der Waals surface area contributed by atoms with E-state index in [1.54, 1.807) is 18.2 Å². The highest BCUT2D eigenvalue weighted by Gasteiger charge is 2.14. The molecule has 0 aliphatic carbocycles. The van der Waals surface area contributed by atoms with Gasteiger partial charge in [-0.25, -0.2) is 0 Å². The summed E-state index contributed by atoms with van der Waals surface area (Å²) in [6.07, 6.45) is 0.899. The summed E-state index contributed by atoms with van der Waals surface area (Å²) in [5.74, 6) is -0.213. The third kappa shape index (κ3) is 4.10. The SMILES string of the molecule is Nc1cccc(Cl)c1C(=O)NCCCN1CCOCC1. The van der Waals surface area contributed by atoms with Gasteiger partial charge in [0.25, 0.3) is 5.91 Å². The number of carbonyl (C=O) groups is 1. The fourth-order valence-electron chi connectivity index (χ4n) is 2.20. The number of anilines is 1. The van der Waals surface area contributed by atoms with E-state index in [-0.39, 0.29) is 5.91 Å². The highest BCUT2D eigenvalue weighted by Crippen LogP contribution is 2.21. The summed E-state index contributed by atoms with van der Waals surface area (Å²) in [6, 6.07) is 5.07. The number of nitrogens with one attached hydrogen (secondary N) is 1. The minimum atomic E-state index is -0.213. The van der Waals surface area contributed by atoms with Crippen LogP contribution in [0.1, 0.15) is 16.8 Å². The Morgan fingerprint density at radius 1 is 1.40 bits per heavy atom. The average molecular weight is 298 g/mol. The summed E-state index contributed by atoms with van der Waals surface area (Å²) in [6.45, 7) is 5.09. The van der Waals surface area contributed by atoms with Crippen LogP contribution in [0.15, 0.2) is 18.2 Å². The van der Waals surface area contributed by atoms with Crippen LogP contribution in [-0.2, 0) is 4.74 Å². The lowest BCUT2D eigenvalue weighted by molar-refractivity contribution is 0.0374. The predicted molar refractivity (Wildman–Crippen MR) is 80.1 cm³/mol. The number of nitrogens with two attached hydrogens (primary N) is 1. The van der Waals surface area contributed by atoms with Crippen molar-refractivity contribution in [2.75, 3.05) is 45.1 Å².